The van der Waals surface area contributed by atoms with E-state index in [1.165, 1.54) is 0 Å². The first kappa shape index (κ1) is 14.2. The van der Waals surface area contributed by atoms with E-state index in [4.69, 9.17) is 9.84 Å². The third kappa shape index (κ3) is 4.97. The van der Waals surface area contributed by atoms with Crippen LogP contribution < -0.4 is 0 Å². The van der Waals surface area contributed by atoms with Gasteiger partial charge < -0.3 is 9.84 Å². The molecule has 0 aromatic heterocycles. The molecule has 0 aliphatic rings. The number of aliphatic carboxylic acids is 1. The zero-order valence-electron chi connectivity index (χ0n) is 8.88. The number of halogens is 1. The van der Waals surface area contributed by atoms with Gasteiger partial charge in [0, 0.05) is 0 Å². The molecule has 0 bridgehead atoms. The molecule has 0 unspecified atom stereocenters. The summed E-state index contributed by atoms with van der Waals surface area (Å²) in [6, 6.07) is 0. The highest BCUT2D eigenvalue weighted by molar-refractivity contribution is 9.12. The molecule has 0 aromatic carbocycles. The Labute approximate surface area is 97.4 Å². The van der Waals surface area contributed by atoms with Gasteiger partial charge in [0.2, 0.25) is 0 Å². The Hall–Kier alpha value is -0.840. The number of carbonyl (C=O) groups is 2. The first-order valence-corrected chi connectivity index (χ1v) is 5.62. The Morgan fingerprint density at radius 2 is 1.87 bits per heavy atom. The van der Waals surface area contributed by atoms with Gasteiger partial charge in [0.25, 0.3) is 0 Å². The smallest absolute Gasteiger partial charge is 0.345 e. The minimum atomic E-state index is -1.09. The molecular weight excluding hydrogens is 264 g/mol. The molecule has 5 heteroatoms. The second-order valence-electron chi connectivity index (χ2n) is 2.98. The zero-order chi connectivity index (χ0) is 11.8. The van der Waals surface area contributed by atoms with E-state index in [0.29, 0.717) is 25.9 Å². The predicted octanol–water partition coefficient (Wildman–Crippen LogP) is 2.47. The molecule has 0 aromatic rings. The van der Waals surface area contributed by atoms with E-state index in [1.54, 1.807) is 0 Å². The third-order valence-electron chi connectivity index (χ3n) is 1.64. The maximum Gasteiger partial charge on any atom is 0.345 e. The van der Waals surface area contributed by atoms with Crippen molar-refractivity contribution in [2.75, 3.05) is 6.61 Å². The van der Waals surface area contributed by atoms with E-state index in [0.717, 1.165) is 0 Å². The summed E-state index contributed by atoms with van der Waals surface area (Å²) < 4.78 is 4.84. The number of carbonyl (C=O) groups excluding carboxylic acids is 1. The molecule has 0 radical (unpaired) electrons. The van der Waals surface area contributed by atoms with E-state index in [2.05, 4.69) is 15.9 Å². The molecule has 86 valence electrons. The number of hydrogen-bond acceptors (Lipinski definition) is 3. The van der Waals surface area contributed by atoms with Gasteiger partial charge in [0.1, 0.15) is 4.48 Å². The van der Waals surface area contributed by atoms with E-state index >= 15 is 0 Å². The number of rotatable bonds is 6. The topological polar surface area (TPSA) is 63.6 Å². The highest BCUT2D eigenvalue weighted by Crippen LogP contribution is 2.18. The lowest BCUT2D eigenvalue weighted by Gasteiger charge is -2.05. The van der Waals surface area contributed by atoms with E-state index < -0.39 is 11.9 Å². The molecule has 0 amide bonds. The van der Waals surface area contributed by atoms with E-state index in [-0.39, 0.29) is 10.1 Å². The first-order valence-electron chi connectivity index (χ1n) is 4.83. The molecular formula is C10H15BrO4. The largest absolute Gasteiger partial charge is 0.478 e. The van der Waals surface area contributed by atoms with Gasteiger partial charge in [-0.15, -0.1) is 0 Å². The van der Waals surface area contributed by atoms with Crippen LogP contribution in [0.3, 0.4) is 0 Å². The summed E-state index contributed by atoms with van der Waals surface area (Å²) in [6.45, 7) is 4.02. The molecule has 0 spiro atoms. The summed E-state index contributed by atoms with van der Waals surface area (Å²) in [5, 5.41) is 8.85. The summed E-state index contributed by atoms with van der Waals surface area (Å²) in [7, 11) is 0. The molecule has 0 atom stereocenters. The molecule has 0 saturated heterocycles. The number of carboxylic acids is 1. The Morgan fingerprint density at radius 3 is 2.27 bits per heavy atom. The lowest BCUT2D eigenvalue weighted by Crippen LogP contribution is -2.11. The highest BCUT2D eigenvalue weighted by Gasteiger charge is 2.18. The van der Waals surface area contributed by atoms with Crippen LogP contribution in [0.15, 0.2) is 10.1 Å². The van der Waals surface area contributed by atoms with Gasteiger partial charge >= 0.3 is 11.9 Å². The van der Waals surface area contributed by atoms with Gasteiger partial charge in [-0.1, -0.05) is 20.3 Å². The summed E-state index contributed by atoms with van der Waals surface area (Å²) in [5.41, 5.74) is 0.0682. The average molecular weight is 279 g/mol. The van der Waals surface area contributed by atoms with Crippen LogP contribution in [0.2, 0.25) is 0 Å². The second kappa shape index (κ2) is 7.45. The van der Waals surface area contributed by atoms with Crippen molar-refractivity contribution in [3.05, 3.63) is 10.1 Å². The summed E-state index contributed by atoms with van der Waals surface area (Å²) in [4.78, 5) is 22.1. The highest BCUT2D eigenvalue weighted by atomic mass is 79.9. The van der Waals surface area contributed by atoms with Crippen molar-refractivity contribution in [1.82, 2.24) is 0 Å². The van der Waals surface area contributed by atoms with Crippen LogP contribution in [0.5, 0.6) is 0 Å². The number of ether oxygens (including phenoxy) is 1. The van der Waals surface area contributed by atoms with Crippen LogP contribution in [-0.4, -0.2) is 23.7 Å². The summed E-state index contributed by atoms with van der Waals surface area (Å²) in [5.74, 6) is -1.69. The zero-order valence-corrected chi connectivity index (χ0v) is 10.5. The minimum absolute atomic E-state index is 0.0188. The fraction of sp³-hybridized carbons (Fsp3) is 0.600. The third-order valence-corrected chi connectivity index (χ3v) is 2.44. The van der Waals surface area contributed by atoms with Gasteiger partial charge in [-0.05, 0) is 28.8 Å². The lowest BCUT2D eigenvalue weighted by molar-refractivity contribution is -0.139. The molecule has 0 rings (SSSR count). The van der Waals surface area contributed by atoms with Crippen LogP contribution in [-0.2, 0) is 14.3 Å². The molecule has 0 aliphatic carbocycles. The fourth-order valence-electron chi connectivity index (χ4n) is 0.942. The molecule has 0 fully saturated rings. The predicted molar refractivity (Wildman–Crippen MR) is 59.7 cm³/mol. The number of carboxylic acid groups (broad SMARTS) is 1. The van der Waals surface area contributed by atoms with E-state index in [1.807, 2.05) is 13.8 Å². The number of esters is 1. The first-order chi connectivity index (χ1) is 7.04. The van der Waals surface area contributed by atoms with Crippen LogP contribution in [0.25, 0.3) is 0 Å². The molecule has 0 aliphatic heterocycles. The SMILES string of the molecule is CCCOC(=O)C(Br)=C(CCC)C(=O)O. The van der Waals surface area contributed by atoms with Crippen LogP contribution in [0.1, 0.15) is 33.1 Å². The van der Waals surface area contributed by atoms with Crippen molar-refractivity contribution in [2.24, 2.45) is 0 Å². The Bertz CT molecular complexity index is 271. The Balaban J connectivity index is 4.68. The fourth-order valence-corrected chi connectivity index (χ4v) is 1.42. The van der Waals surface area contributed by atoms with Crippen molar-refractivity contribution in [3.63, 3.8) is 0 Å². The minimum Gasteiger partial charge on any atom is -0.478 e. The maximum atomic E-state index is 11.3. The normalized spacial score (nSPS) is 11.9. The van der Waals surface area contributed by atoms with Gasteiger partial charge in [0.15, 0.2) is 0 Å². The van der Waals surface area contributed by atoms with Crippen molar-refractivity contribution in [2.45, 2.75) is 33.1 Å². The number of hydrogen-bond donors (Lipinski definition) is 1. The average Bonchev–Trinajstić information content (AvgIpc) is 2.21. The quantitative estimate of drug-likeness (QED) is 0.599. The lowest BCUT2D eigenvalue weighted by atomic mass is 10.1. The Kier molecular flexibility index (Phi) is 7.03. The van der Waals surface area contributed by atoms with Crippen LogP contribution in [0, 0.1) is 0 Å². The van der Waals surface area contributed by atoms with Crippen LogP contribution in [0.4, 0.5) is 0 Å². The van der Waals surface area contributed by atoms with Crippen molar-refractivity contribution >= 4 is 27.9 Å². The molecule has 0 saturated carbocycles. The van der Waals surface area contributed by atoms with E-state index in [9.17, 15) is 9.59 Å². The molecule has 4 nitrogen and oxygen atoms in total. The second-order valence-corrected chi connectivity index (χ2v) is 3.78. The van der Waals surface area contributed by atoms with Gasteiger partial charge in [-0.3, -0.25) is 0 Å². The van der Waals surface area contributed by atoms with Crippen LogP contribution >= 0.6 is 15.9 Å². The van der Waals surface area contributed by atoms with Crippen molar-refractivity contribution in [1.29, 1.82) is 0 Å². The molecule has 0 heterocycles. The van der Waals surface area contributed by atoms with Crippen molar-refractivity contribution in [3.8, 4) is 0 Å². The maximum absolute atomic E-state index is 11.3. The summed E-state index contributed by atoms with van der Waals surface area (Å²) >= 11 is 2.97. The standard InChI is InChI=1S/C10H15BrO4/c1-3-5-7(9(12)13)8(11)10(14)15-6-4-2/h3-6H2,1-2H3,(H,12,13). The van der Waals surface area contributed by atoms with Crippen molar-refractivity contribution < 1.29 is 19.4 Å². The van der Waals surface area contributed by atoms with Gasteiger partial charge in [-0.2, -0.15) is 0 Å². The van der Waals surface area contributed by atoms with Gasteiger partial charge in [-0.25, -0.2) is 9.59 Å². The molecule has 1 N–H and O–H groups in total. The Morgan fingerprint density at radius 1 is 1.27 bits per heavy atom. The molecule has 15 heavy (non-hydrogen) atoms. The van der Waals surface area contributed by atoms with Gasteiger partial charge in [0.05, 0.1) is 12.2 Å². The monoisotopic (exact) mass is 278 g/mol. The summed E-state index contributed by atoms with van der Waals surface area (Å²) in [6.07, 6.45) is 1.72.